The van der Waals surface area contributed by atoms with Crippen molar-refractivity contribution in [2.24, 2.45) is 0 Å². The number of morpholine rings is 1. The van der Waals surface area contributed by atoms with Crippen LogP contribution in [0, 0.1) is 6.92 Å². The van der Waals surface area contributed by atoms with Crippen LogP contribution in [0.5, 0.6) is 5.75 Å². The molecule has 1 N–H and O–H groups in total. The average molecular weight is 468 g/mol. The van der Waals surface area contributed by atoms with Gasteiger partial charge in [0.2, 0.25) is 11.9 Å². The van der Waals surface area contributed by atoms with Crippen molar-refractivity contribution in [3.63, 3.8) is 0 Å². The molecule has 33 heavy (non-hydrogen) atoms. The van der Waals surface area contributed by atoms with Gasteiger partial charge in [-0.2, -0.15) is 0 Å². The maximum atomic E-state index is 13.0. The van der Waals surface area contributed by atoms with E-state index in [1.165, 1.54) is 11.8 Å². The van der Waals surface area contributed by atoms with E-state index in [0.717, 1.165) is 30.2 Å². The number of nitrogens with one attached hydrogen (secondary N) is 1. The fraction of sp³-hybridized carbons (Fsp3) is 0.375. The van der Waals surface area contributed by atoms with E-state index < -0.39 is 0 Å². The van der Waals surface area contributed by atoms with E-state index in [1.54, 1.807) is 7.11 Å². The van der Waals surface area contributed by atoms with Crippen molar-refractivity contribution in [3.05, 3.63) is 59.7 Å². The van der Waals surface area contributed by atoms with Crippen molar-refractivity contribution in [3.8, 4) is 5.75 Å². The average Bonchev–Trinajstić information content (AvgIpc) is 3.22. The van der Waals surface area contributed by atoms with Gasteiger partial charge in [0.25, 0.3) is 0 Å². The molecule has 1 aliphatic heterocycles. The summed E-state index contributed by atoms with van der Waals surface area (Å²) < 4.78 is 13.0. The van der Waals surface area contributed by atoms with Crippen LogP contribution < -0.4 is 15.0 Å². The summed E-state index contributed by atoms with van der Waals surface area (Å²) in [6, 6.07) is 15.9. The molecule has 1 aliphatic rings. The number of benzene rings is 2. The molecule has 4 rings (SSSR count). The lowest BCUT2D eigenvalue weighted by atomic mass is 10.2. The number of carbonyl (C=O) groups is 1. The zero-order valence-electron chi connectivity index (χ0n) is 19.2. The number of aromatic nitrogens is 3. The van der Waals surface area contributed by atoms with Gasteiger partial charge in [0.15, 0.2) is 5.16 Å². The molecule has 0 spiro atoms. The van der Waals surface area contributed by atoms with Crippen molar-refractivity contribution >= 4 is 29.3 Å². The van der Waals surface area contributed by atoms with E-state index in [4.69, 9.17) is 9.47 Å². The second-order valence-electron chi connectivity index (χ2n) is 7.91. The number of ether oxygens (including phenoxy) is 2. The first-order valence-electron chi connectivity index (χ1n) is 11.0. The number of anilines is 2. The Kier molecular flexibility index (Phi) is 7.51. The third-order valence-electron chi connectivity index (χ3n) is 5.44. The lowest BCUT2D eigenvalue weighted by Gasteiger charge is -2.28. The molecule has 174 valence electrons. The van der Waals surface area contributed by atoms with Gasteiger partial charge in [-0.1, -0.05) is 48.2 Å². The second-order valence-corrected chi connectivity index (χ2v) is 9.21. The molecule has 1 saturated heterocycles. The van der Waals surface area contributed by atoms with Crippen molar-refractivity contribution in [2.45, 2.75) is 30.8 Å². The van der Waals surface area contributed by atoms with Gasteiger partial charge in [-0.25, -0.2) is 0 Å². The van der Waals surface area contributed by atoms with Crippen molar-refractivity contribution in [1.29, 1.82) is 0 Å². The Labute approximate surface area is 198 Å². The normalized spacial score (nSPS) is 14.7. The highest BCUT2D eigenvalue weighted by atomic mass is 32.2. The molecular weight excluding hydrogens is 438 g/mol. The number of hydrogen-bond acceptors (Lipinski definition) is 7. The van der Waals surface area contributed by atoms with Gasteiger partial charge in [0.1, 0.15) is 5.75 Å². The van der Waals surface area contributed by atoms with Crippen LogP contribution in [0.15, 0.2) is 53.7 Å². The molecule has 3 aromatic rings. The maximum absolute atomic E-state index is 13.0. The van der Waals surface area contributed by atoms with Crippen LogP contribution in [-0.2, 0) is 16.1 Å². The summed E-state index contributed by atoms with van der Waals surface area (Å²) >= 11 is 1.40. The van der Waals surface area contributed by atoms with Gasteiger partial charge in [0.05, 0.1) is 37.8 Å². The number of nitrogens with zero attached hydrogens (tertiary/aromatic N) is 4. The highest BCUT2D eigenvalue weighted by Crippen LogP contribution is 2.30. The van der Waals surface area contributed by atoms with Crippen molar-refractivity contribution < 1.29 is 14.3 Å². The SMILES string of the molecule is COc1ccc(C)cc1NC(=O)C(C)Sc1nnc(N2CCOCC2)n1Cc1ccccc1. The minimum absolute atomic E-state index is 0.119. The molecule has 0 bridgehead atoms. The van der Waals surface area contributed by atoms with Crippen LogP contribution in [0.4, 0.5) is 11.6 Å². The zero-order chi connectivity index (χ0) is 23.2. The topological polar surface area (TPSA) is 81.5 Å². The minimum atomic E-state index is -0.383. The Morgan fingerprint density at radius 2 is 1.94 bits per heavy atom. The molecule has 0 aliphatic carbocycles. The smallest absolute Gasteiger partial charge is 0.237 e. The summed E-state index contributed by atoms with van der Waals surface area (Å²) in [5.74, 6) is 1.32. The first-order valence-corrected chi connectivity index (χ1v) is 11.8. The number of rotatable bonds is 8. The van der Waals surface area contributed by atoms with Crippen LogP contribution in [0.25, 0.3) is 0 Å². The zero-order valence-corrected chi connectivity index (χ0v) is 20.0. The van der Waals surface area contributed by atoms with E-state index in [-0.39, 0.29) is 11.2 Å². The van der Waals surface area contributed by atoms with Gasteiger partial charge >= 0.3 is 0 Å². The number of thioether (sulfide) groups is 1. The fourth-order valence-electron chi connectivity index (χ4n) is 3.64. The van der Waals surface area contributed by atoms with E-state index >= 15 is 0 Å². The molecule has 1 amide bonds. The predicted molar refractivity (Wildman–Crippen MR) is 130 cm³/mol. The van der Waals surface area contributed by atoms with Crippen LogP contribution in [0.2, 0.25) is 0 Å². The van der Waals surface area contributed by atoms with Gasteiger partial charge in [-0.3, -0.25) is 9.36 Å². The second kappa shape index (κ2) is 10.7. The van der Waals surface area contributed by atoms with E-state index in [2.05, 4.69) is 37.1 Å². The molecular formula is C24H29N5O3S. The number of methoxy groups -OCH3 is 1. The largest absolute Gasteiger partial charge is 0.495 e. The third-order valence-corrected chi connectivity index (χ3v) is 6.52. The summed E-state index contributed by atoms with van der Waals surface area (Å²) in [7, 11) is 1.59. The first kappa shape index (κ1) is 23.1. The molecule has 1 fully saturated rings. The summed E-state index contributed by atoms with van der Waals surface area (Å²) in [6.07, 6.45) is 0. The van der Waals surface area contributed by atoms with E-state index in [9.17, 15) is 4.79 Å². The molecule has 9 heteroatoms. The Morgan fingerprint density at radius 1 is 1.18 bits per heavy atom. The predicted octanol–water partition coefficient (Wildman–Crippen LogP) is 3.60. The Bertz CT molecular complexity index is 1080. The standard InChI is InChI=1S/C24H29N5O3S/c1-17-9-10-21(31-3)20(15-17)25-22(30)18(2)33-24-27-26-23(28-11-13-32-14-12-28)29(24)16-19-7-5-4-6-8-19/h4-10,15,18H,11-14,16H2,1-3H3,(H,25,30). The molecule has 8 nitrogen and oxygen atoms in total. The minimum Gasteiger partial charge on any atom is -0.495 e. The van der Waals surface area contributed by atoms with Crippen LogP contribution in [0.1, 0.15) is 18.1 Å². The highest BCUT2D eigenvalue weighted by molar-refractivity contribution is 8.00. The number of carbonyl (C=O) groups excluding carboxylic acids is 1. The van der Waals surface area contributed by atoms with Gasteiger partial charge in [0, 0.05) is 13.1 Å². The van der Waals surface area contributed by atoms with Gasteiger partial charge < -0.3 is 19.7 Å². The molecule has 1 atom stereocenters. The number of aryl methyl sites for hydroxylation is 1. The highest BCUT2D eigenvalue weighted by Gasteiger charge is 2.24. The Hall–Kier alpha value is -3.04. The summed E-state index contributed by atoms with van der Waals surface area (Å²) in [4.78, 5) is 15.2. The third kappa shape index (κ3) is 5.66. The molecule has 2 heterocycles. The lowest BCUT2D eigenvalue weighted by Crippen LogP contribution is -2.38. The molecule has 1 unspecified atom stereocenters. The van der Waals surface area contributed by atoms with Crippen LogP contribution in [0.3, 0.4) is 0 Å². The first-order chi connectivity index (χ1) is 16.0. The van der Waals surface area contributed by atoms with Crippen LogP contribution in [-0.4, -0.2) is 59.3 Å². The van der Waals surface area contributed by atoms with Gasteiger partial charge in [-0.05, 0) is 37.1 Å². The van der Waals surface area contributed by atoms with Crippen molar-refractivity contribution in [1.82, 2.24) is 14.8 Å². The summed E-state index contributed by atoms with van der Waals surface area (Å²) in [5.41, 5.74) is 2.86. The van der Waals surface area contributed by atoms with Crippen LogP contribution >= 0.6 is 11.8 Å². The molecule has 1 aromatic heterocycles. The number of amides is 1. The van der Waals surface area contributed by atoms with Crippen molar-refractivity contribution in [2.75, 3.05) is 43.6 Å². The monoisotopic (exact) mass is 467 g/mol. The Balaban J connectivity index is 1.54. The molecule has 0 radical (unpaired) electrons. The molecule has 0 saturated carbocycles. The van der Waals surface area contributed by atoms with E-state index in [1.807, 2.05) is 50.2 Å². The van der Waals surface area contributed by atoms with Gasteiger partial charge in [-0.15, -0.1) is 10.2 Å². The quantitative estimate of drug-likeness (QED) is 0.507. The van der Waals surface area contributed by atoms with E-state index in [0.29, 0.717) is 36.4 Å². The lowest BCUT2D eigenvalue weighted by molar-refractivity contribution is -0.115. The fourth-order valence-corrected chi connectivity index (χ4v) is 4.48. The number of hydrogen-bond donors (Lipinski definition) is 1. The molecule has 2 aromatic carbocycles. The summed E-state index contributed by atoms with van der Waals surface area (Å²) in [6.45, 7) is 7.34. The maximum Gasteiger partial charge on any atom is 0.237 e. The Morgan fingerprint density at radius 3 is 2.67 bits per heavy atom. The summed E-state index contributed by atoms with van der Waals surface area (Å²) in [5, 5.41) is 12.3.